The summed E-state index contributed by atoms with van der Waals surface area (Å²) >= 11 is 3.44. The molecule has 2 heterocycles. The zero-order valence-corrected chi connectivity index (χ0v) is 23.0. The maximum absolute atomic E-state index is 5.92. The number of rotatable bonds is 11. The van der Waals surface area contributed by atoms with E-state index in [1.54, 1.807) is 0 Å². The Bertz CT molecular complexity index is 1270. The minimum atomic E-state index is 0.00108. The van der Waals surface area contributed by atoms with Gasteiger partial charge in [-0.05, 0) is 35.9 Å². The molecule has 2 aliphatic rings. The van der Waals surface area contributed by atoms with Crippen LogP contribution in [-0.2, 0) is 16.1 Å². The lowest BCUT2D eigenvalue weighted by Gasteiger charge is -2.10. The first-order valence-electron chi connectivity index (χ1n) is 12.9. The molecule has 0 aliphatic carbocycles. The third kappa shape index (κ3) is 8.54. The molecule has 3 aromatic carbocycles. The van der Waals surface area contributed by atoms with Gasteiger partial charge in [0, 0.05) is 23.4 Å². The Morgan fingerprint density at radius 3 is 1.87 bits per heavy atom. The number of hydrazine groups is 1. The first kappa shape index (κ1) is 26.7. The Kier molecular flexibility index (Phi) is 9.41. The molecule has 204 valence electrons. The number of nitrogens with one attached hydrogen (secondary N) is 2. The van der Waals surface area contributed by atoms with Crippen LogP contribution in [0.5, 0.6) is 17.2 Å². The van der Waals surface area contributed by atoms with Crippen LogP contribution in [0.25, 0.3) is 0 Å². The molecule has 0 spiro atoms. The van der Waals surface area contributed by atoms with Crippen LogP contribution in [-0.4, -0.2) is 50.6 Å². The van der Waals surface area contributed by atoms with Crippen molar-refractivity contribution < 1.29 is 23.7 Å². The largest absolute Gasteiger partial charge is 0.493 e. The quantitative estimate of drug-likeness (QED) is 0.306. The highest BCUT2D eigenvalue weighted by Crippen LogP contribution is 2.21. The van der Waals surface area contributed by atoms with Gasteiger partial charge in [0.05, 0.1) is 25.3 Å². The van der Waals surface area contributed by atoms with Gasteiger partial charge in [0.15, 0.2) is 0 Å². The van der Waals surface area contributed by atoms with Crippen molar-refractivity contribution >= 4 is 28.0 Å². The van der Waals surface area contributed by atoms with Gasteiger partial charge in [0.25, 0.3) is 0 Å². The van der Waals surface area contributed by atoms with Crippen LogP contribution < -0.4 is 25.1 Å². The molecule has 0 bridgehead atoms. The number of nitrogens with zero attached hydrogens (tertiary/aromatic N) is 2. The van der Waals surface area contributed by atoms with Crippen molar-refractivity contribution in [2.75, 3.05) is 26.4 Å². The maximum Gasteiger partial charge on any atom is 0.304 e. The summed E-state index contributed by atoms with van der Waals surface area (Å²) < 4.78 is 29.8. The number of hydrogen-bond donors (Lipinski definition) is 2. The number of ether oxygens (including phenoxy) is 5. The zero-order chi connectivity index (χ0) is 26.7. The van der Waals surface area contributed by atoms with E-state index in [0.717, 1.165) is 40.1 Å². The van der Waals surface area contributed by atoms with Crippen molar-refractivity contribution in [1.82, 2.24) is 10.9 Å². The van der Waals surface area contributed by atoms with Crippen molar-refractivity contribution in [2.24, 2.45) is 9.98 Å². The smallest absolute Gasteiger partial charge is 0.304 e. The van der Waals surface area contributed by atoms with E-state index in [-0.39, 0.29) is 12.1 Å². The summed E-state index contributed by atoms with van der Waals surface area (Å²) in [6.45, 7) is 2.56. The minimum Gasteiger partial charge on any atom is -0.493 e. The van der Waals surface area contributed by atoms with Gasteiger partial charge >= 0.3 is 12.0 Å². The standard InChI is InChI=1S/C29H31BrN4O5/c30-22-8-4-9-25(16-22)35-14-12-23-19-38-28(31-23)33-34-29-32-24(20-39-29)13-15-36-26-10-5-11-27(17-26)37-18-21-6-2-1-3-7-21/h1-11,16-17,23-24H,12-15,18-20H2,(H,31,33)(H,32,34)/t23-,24?/m0/s1. The van der Waals surface area contributed by atoms with Crippen molar-refractivity contribution in [3.8, 4) is 17.2 Å². The number of halogens is 1. The molecule has 0 saturated carbocycles. The molecule has 0 amide bonds. The predicted octanol–water partition coefficient (Wildman–Crippen LogP) is 4.87. The number of amidine groups is 2. The molecule has 0 radical (unpaired) electrons. The first-order chi connectivity index (χ1) is 19.2. The van der Waals surface area contributed by atoms with E-state index in [2.05, 4.69) is 36.8 Å². The average Bonchev–Trinajstić information content (AvgIpc) is 3.61. The van der Waals surface area contributed by atoms with Crippen LogP contribution >= 0.6 is 15.9 Å². The van der Waals surface area contributed by atoms with E-state index >= 15 is 0 Å². The molecular weight excluding hydrogens is 564 g/mol. The molecule has 39 heavy (non-hydrogen) atoms. The van der Waals surface area contributed by atoms with Crippen LogP contribution in [0, 0.1) is 0 Å². The number of benzene rings is 3. The molecule has 0 saturated heterocycles. The zero-order valence-electron chi connectivity index (χ0n) is 21.4. The molecule has 5 rings (SSSR count). The summed E-state index contributed by atoms with van der Waals surface area (Å²) in [5.41, 5.74) is 6.99. The van der Waals surface area contributed by atoms with Crippen molar-refractivity contribution in [3.05, 3.63) is 88.9 Å². The number of aliphatic imine (C=N–C) groups is 2. The molecule has 0 aromatic heterocycles. The van der Waals surface area contributed by atoms with Gasteiger partial charge in [-0.3, -0.25) is 0 Å². The van der Waals surface area contributed by atoms with Gasteiger partial charge in [0.1, 0.15) is 37.1 Å². The van der Waals surface area contributed by atoms with Crippen LogP contribution in [0.15, 0.2) is 93.3 Å². The summed E-state index contributed by atoms with van der Waals surface area (Å²) in [6.07, 6.45) is 1.47. The Balaban J connectivity index is 0.980. The lowest BCUT2D eigenvalue weighted by atomic mass is 10.2. The van der Waals surface area contributed by atoms with Crippen molar-refractivity contribution in [2.45, 2.75) is 31.5 Å². The van der Waals surface area contributed by atoms with Crippen molar-refractivity contribution in [3.63, 3.8) is 0 Å². The molecule has 0 fully saturated rings. The second-order valence-electron chi connectivity index (χ2n) is 9.03. The van der Waals surface area contributed by atoms with Crippen LogP contribution in [0.4, 0.5) is 0 Å². The van der Waals surface area contributed by atoms with Gasteiger partial charge in [-0.1, -0.05) is 58.4 Å². The van der Waals surface area contributed by atoms with Gasteiger partial charge in [-0.2, -0.15) is 0 Å². The third-order valence-corrected chi connectivity index (χ3v) is 6.48. The van der Waals surface area contributed by atoms with Gasteiger partial charge in [-0.15, -0.1) is 0 Å². The van der Waals surface area contributed by atoms with Crippen LogP contribution in [0.3, 0.4) is 0 Å². The molecule has 2 atom stereocenters. The van der Waals surface area contributed by atoms with E-state index in [4.69, 9.17) is 23.7 Å². The lowest BCUT2D eigenvalue weighted by Crippen LogP contribution is -2.41. The SMILES string of the molecule is Brc1cccc(OCC[C@H]2COC(NNC3=NC(CCOc4cccc(OCc5ccccc5)c4)CO3)=N2)c1. The van der Waals surface area contributed by atoms with E-state index in [1.807, 2.05) is 78.9 Å². The third-order valence-electron chi connectivity index (χ3n) is 5.99. The van der Waals surface area contributed by atoms with Gasteiger partial charge in [0.2, 0.25) is 0 Å². The molecule has 10 heteroatoms. The molecule has 2 aliphatic heterocycles. The van der Waals surface area contributed by atoms with E-state index in [0.29, 0.717) is 45.1 Å². The van der Waals surface area contributed by atoms with E-state index in [1.165, 1.54) is 0 Å². The van der Waals surface area contributed by atoms with Crippen molar-refractivity contribution in [1.29, 1.82) is 0 Å². The highest BCUT2D eigenvalue weighted by molar-refractivity contribution is 9.10. The summed E-state index contributed by atoms with van der Waals surface area (Å²) in [5.74, 6) is 2.36. The normalized spacial score (nSPS) is 17.9. The fraction of sp³-hybridized carbons (Fsp3) is 0.310. The Morgan fingerprint density at radius 1 is 0.692 bits per heavy atom. The van der Waals surface area contributed by atoms with Gasteiger partial charge < -0.3 is 23.7 Å². The summed E-state index contributed by atoms with van der Waals surface area (Å²) in [4.78, 5) is 9.08. The lowest BCUT2D eigenvalue weighted by molar-refractivity contribution is 0.253. The molecule has 3 aromatic rings. The Morgan fingerprint density at radius 2 is 1.26 bits per heavy atom. The molecule has 9 nitrogen and oxygen atoms in total. The highest BCUT2D eigenvalue weighted by Gasteiger charge is 2.22. The minimum absolute atomic E-state index is 0.00108. The molecule has 2 N–H and O–H groups in total. The fourth-order valence-electron chi connectivity index (χ4n) is 3.95. The van der Waals surface area contributed by atoms with Gasteiger partial charge in [-0.25, -0.2) is 20.8 Å². The predicted molar refractivity (Wildman–Crippen MR) is 152 cm³/mol. The topological polar surface area (TPSA) is 94.9 Å². The fourth-order valence-corrected chi connectivity index (χ4v) is 4.33. The average molecular weight is 595 g/mol. The second kappa shape index (κ2) is 13.7. The maximum atomic E-state index is 5.92. The Hall–Kier alpha value is -3.92. The number of hydrogen-bond acceptors (Lipinski definition) is 9. The second-order valence-corrected chi connectivity index (χ2v) is 9.94. The molecular formula is C29H31BrN4O5. The Labute approximate surface area is 236 Å². The monoisotopic (exact) mass is 594 g/mol. The summed E-state index contributed by atoms with van der Waals surface area (Å²) in [5, 5.41) is 0. The summed E-state index contributed by atoms with van der Waals surface area (Å²) in [6, 6.07) is 26.4. The van der Waals surface area contributed by atoms with E-state index < -0.39 is 0 Å². The van der Waals surface area contributed by atoms with Crippen LogP contribution in [0.1, 0.15) is 18.4 Å². The molecule has 1 unspecified atom stereocenters. The first-order valence-corrected chi connectivity index (χ1v) is 13.7. The summed E-state index contributed by atoms with van der Waals surface area (Å²) in [7, 11) is 0. The van der Waals surface area contributed by atoms with Crippen LogP contribution in [0.2, 0.25) is 0 Å². The van der Waals surface area contributed by atoms with E-state index in [9.17, 15) is 0 Å². The highest BCUT2D eigenvalue weighted by atomic mass is 79.9.